The topological polar surface area (TPSA) is 61.8 Å². The zero-order valence-corrected chi connectivity index (χ0v) is 13.1. The van der Waals surface area contributed by atoms with Crippen LogP contribution in [0.25, 0.3) is 0 Å². The van der Waals surface area contributed by atoms with E-state index in [2.05, 4.69) is 24.1 Å². The monoisotopic (exact) mass is 294 g/mol. The van der Waals surface area contributed by atoms with Gasteiger partial charge < -0.3 is 20.1 Å². The lowest BCUT2D eigenvalue weighted by atomic mass is 10.1. The Kier molecular flexibility index (Phi) is 7.79. The zero-order chi connectivity index (χ0) is 15.7. The number of hydrogen-bond acceptors (Lipinski definition) is 4. The molecule has 0 aliphatic carbocycles. The number of rotatable bonds is 10. The standard InChI is InChI=1S/C16H26N2O3/c1-4-18(5-2)14-9-7-13(8-10-14)15(16(19)20)17-11-6-12-21-3/h7-10,15,17H,4-6,11-12H2,1-3H3,(H,19,20). The fourth-order valence-electron chi connectivity index (χ4n) is 2.28. The van der Waals surface area contributed by atoms with Crippen molar-refractivity contribution < 1.29 is 14.6 Å². The van der Waals surface area contributed by atoms with E-state index in [0.717, 1.165) is 30.8 Å². The highest BCUT2D eigenvalue weighted by atomic mass is 16.5. The van der Waals surface area contributed by atoms with Crippen LogP contribution in [0.1, 0.15) is 31.9 Å². The summed E-state index contributed by atoms with van der Waals surface area (Å²) in [6, 6.07) is 7.06. The molecule has 0 saturated carbocycles. The van der Waals surface area contributed by atoms with Crippen molar-refractivity contribution in [3.63, 3.8) is 0 Å². The third-order valence-corrected chi connectivity index (χ3v) is 3.48. The predicted molar refractivity (Wildman–Crippen MR) is 84.9 cm³/mol. The second kappa shape index (κ2) is 9.37. The number of nitrogens with zero attached hydrogens (tertiary/aromatic N) is 1. The number of carboxylic acids is 1. The average molecular weight is 294 g/mol. The molecule has 1 aromatic carbocycles. The van der Waals surface area contributed by atoms with E-state index in [9.17, 15) is 9.90 Å². The second-order valence-electron chi connectivity index (χ2n) is 4.84. The summed E-state index contributed by atoms with van der Waals surface area (Å²) in [5.74, 6) is -0.858. The van der Waals surface area contributed by atoms with Gasteiger partial charge in [-0.2, -0.15) is 0 Å². The molecule has 0 amide bonds. The fraction of sp³-hybridized carbons (Fsp3) is 0.562. The number of carboxylic acid groups (broad SMARTS) is 1. The van der Waals surface area contributed by atoms with Crippen molar-refractivity contribution in [3.05, 3.63) is 29.8 Å². The fourth-order valence-corrected chi connectivity index (χ4v) is 2.28. The van der Waals surface area contributed by atoms with Crippen LogP contribution in [0.4, 0.5) is 5.69 Å². The number of nitrogens with one attached hydrogen (secondary N) is 1. The molecule has 118 valence electrons. The molecule has 0 aromatic heterocycles. The van der Waals surface area contributed by atoms with Gasteiger partial charge in [-0.15, -0.1) is 0 Å². The van der Waals surface area contributed by atoms with E-state index < -0.39 is 12.0 Å². The van der Waals surface area contributed by atoms with Crippen LogP contribution in [-0.2, 0) is 9.53 Å². The highest BCUT2D eigenvalue weighted by Gasteiger charge is 2.18. The molecule has 1 rings (SSSR count). The Morgan fingerprint density at radius 2 is 1.90 bits per heavy atom. The van der Waals surface area contributed by atoms with Crippen LogP contribution < -0.4 is 10.2 Å². The van der Waals surface area contributed by atoms with E-state index in [1.807, 2.05) is 24.3 Å². The van der Waals surface area contributed by atoms with Gasteiger partial charge in [0.05, 0.1) is 0 Å². The first-order valence-corrected chi connectivity index (χ1v) is 7.44. The van der Waals surface area contributed by atoms with Gasteiger partial charge in [0.15, 0.2) is 0 Å². The van der Waals surface area contributed by atoms with Gasteiger partial charge in [0.25, 0.3) is 0 Å². The number of carbonyl (C=O) groups is 1. The Labute approximate surface area is 126 Å². The Morgan fingerprint density at radius 1 is 1.29 bits per heavy atom. The number of aliphatic carboxylic acids is 1. The number of benzene rings is 1. The van der Waals surface area contributed by atoms with Crippen molar-refractivity contribution in [3.8, 4) is 0 Å². The van der Waals surface area contributed by atoms with E-state index in [4.69, 9.17) is 4.74 Å². The summed E-state index contributed by atoms with van der Waals surface area (Å²) in [5, 5.41) is 12.4. The zero-order valence-electron chi connectivity index (χ0n) is 13.1. The van der Waals surface area contributed by atoms with Crippen molar-refractivity contribution in [2.75, 3.05) is 38.3 Å². The second-order valence-corrected chi connectivity index (χ2v) is 4.84. The van der Waals surface area contributed by atoms with Crippen LogP contribution >= 0.6 is 0 Å². The summed E-state index contributed by atoms with van der Waals surface area (Å²) in [6.07, 6.45) is 0.789. The van der Waals surface area contributed by atoms with Crippen molar-refractivity contribution in [2.24, 2.45) is 0 Å². The number of methoxy groups -OCH3 is 1. The maximum absolute atomic E-state index is 11.4. The highest BCUT2D eigenvalue weighted by Crippen LogP contribution is 2.19. The maximum atomic E-state index is 11.4. The van der Waals surface area contributed by atoms with Crippen LogP contribution in [0.15, 0.2) is 24.3 Å². The summed E-state index contributed by atoms with van der Waals surface area (Å²) in [6.45, 7) is 7.33. The molecule has 21 heavy (non-hydrogen) atoms. The number of hydrogen-bond donors (Lipinski definition) is 2. The third-order valence-electron chi connectivity index (χ3n) is 3.48. The molecule has 0 fully saturated rings. The molecule has 0 aliphatic heterocycles. The normalized spacial score (nSPS) is 12.1. The van der Waals surface area contributed by atoms with Gasteiger partial charge in [-0.05, 0) is 44.5 Å². The molecule has 0 spiro atoms. The number of anilines is 1. The highest BCUT2D eigenvalue weighted by molar-refractivity contribution is 5.75. The first kappa shape index (κ1) is 17.5. The van der Waals surface area contributed by atoms with E-state index in [1.165, 1.54) is 0 Å². The molecule has 0 bridgehead atoms. The van der Waals surface area contributed by atoms with Gasteiger partial charge in [0, 0.05) is 32.5 Å². The lowest BCUT2D eigenvalue weighted by Crippen LogP contribution is -2.30. The van der Waals surface area contributed by atoms with Gasteiger partial charge in [0.2, 0.25) is 0 Å². The van der Waals surface area contributed by atoms with Gasteiger partial charge in [-0.3, -0.25) is 4.79 Å². The van der Waals surface area contributed by atoms with E-state index >= 15 is 0 Å². The molecule has 1 unspecified atom stereocenters. The van der Waals surface area contributed by atoms with Crippen molar-refractivity contribution in [1.29, 1.82) is 0 Å². The largest absolute Gasteiger partial charge is 0.480 e. The lowest BCUT2D eigenvalue weighted by Gasteiger charge is -2.22. The number of ether oxygens (including phenoxy) is 1. The SMILES string of the molecule is CCN(CC)c1ccc(C(NCCCOC)C(=O)O)cc1. The summed E-state index contributed by atoms with van der Waals surface area (Å²) in [5.41, 5.74) is 1.89. The Balaban J connectivity index is 2.72. The van der Waals surface area contributed by atoms with Gasteiger partial charge in [-0.1, -0.05) is 12.1 Å². The molecular formula is C16H26N2O3. The van der Waals surface area contributed by atoms with Crippen LogP contribution in [0.3, 0.4) is 0 Å². The summed E-state index contributed by atoms with van der Waals surface area (Å²) < 4.78 is 4.96. The van der Waals surface area contributed by atoms with Gasteiger partial charge in [-0.25, -0.2) is 0 Å². The molecule has 0 saturated heterocycles. The van der Waals surface area contributed by atoms with E-state index in [1.54, 1.807) is 7.11 Å². The van der Waals surface area contributed by atoms with E-state index in [-0.39, 0.29) is 0 Å². The third kappa shape index (κ3) is 5.36. The maximum Gasteiger partial charge on any atom is 0.325 e. The smallest absolute Gasteiger partial charge is 0.325 e. The quantitative estimate of drug-likeness (QED) is 0.648. The van der Waals surface area contributed by atoms with Gasteiger partial charge in [0.1, 0.15) is 6.04 Å². The molecular weight excluding hydrogens is 268 g/mol. The molecule has 5 heteroatoms. The molecule has 2 N–H and O–H groups in total. The minimum absolute atomic E-state index is 0.614. The molecule has 1 atom stereocenters. The van der Waals surface area contributed by atoms with Crippen molar-refractivity contribution in [2.45, 2.75) is 26.3 Å². The summed E-state index contributed by atoms with van der Waals surface area (Å²) in [7, 11) is 1.64. The lowest BCUT2D eigenvalue weighted by molar-refractivity contribution is -0.139. The van der Waals surface area contributed by atoms with Crippen LogP contribution in [0.2, 0.25) is 0 Å². The summed E-state index contributed by atoms with van der Waals surface area (Å²) >= 11 is 0. The first-order valence-electron chi connectivity index (χ1n) is 7.44. The van der Waals surface area contributed by atoms with Crippen LogP contribution in [0.5, 0.6) is 0 Å². The van der Waals surface area contributed by atoms with Crippen LogP contribution in [-0.4, -0.2) is 44.4 Å². The molecule has 0 radical (unpaired) electrons. The average Bonchev–Trinajstić information content (AvgIpc) is 2.49. The molecule has 0 heterocycles. The van der Waals surface area contributed by atoms with Crippen molar-refractivity contribution in [1.82, 2.24) is 5.32 Å². The predicted octanol–water partition coefficient (Wildman–Crippen LogP) is 2.28. The molecule has 0 aliphatic rings. The van der Waals surface area contributed by atoms with E-state index in [0.29, 0.717) is 13.2 Å². The summed E-state index contributed by atoms with van der Waals surface area (Å²) in [4.78, 5) is 13.6. The van der Waals surface area contributed by atoms with Crippen LogP contribution in [0, 0.1) is 0 Å². The van der Waals surface area contributed by atoms with Crippen molar-refractivity contribution >= 4 is 11.7 Å². The molecule has 5 nitrogen and oxygen atoms in total. The first-order chi connectivity index (χ1) is 10.1. The minimum Gasteiger partial charge on any atom is -0.480 e. The Bertz CT molecular complexity index is 416. The minimum atomic E-state index is -0.858. The molecule has 1 aromatic rings. The Hall–Kier alpha value is -1.59. The Morgan fingerprint density at radius 3 is 2.38 bits per heavy atom. The van der Waals surface area contributed by atoms with Gasteiger partial charge >= 0.3 is 5.97 Å².